The summed E-state index contributed by atoms with van der Waals surface area (Å²) in [6.07, 6.45) is 1.13. The number of halogens is 1. The fourth-order valence-corrected chi connectivity index (χ4v) is 4.40. The van der Waals surface area contributed by atoms with E-state index in [0.29, 0.717) is 30.2 Å². The largest absolute Gasteiger partial charge is 0.481 e. The number of benzene rings is 1. The fraction of sp³-hybridized carbons (Fsp3) is 0.375. The van der Waals surface area contributed by atoms with Gasteiger partial charge in [-0.25, -0.2) is 14.2 Å². The first-order valence-corrected chi connectivity index (χ1v) is 11.0. The van der Waals surface area contributed by atoms with Gasteiger partial charge in [-0.05, 0) is 36.8 Å². The number of nitrogens with zero attached hydrogens (tertiary/aromatic N) is 5. The molecule has 2 aliphatic heterocycles. The smallest absolute Gasteiger partial charge is 0.414 e. The van der Waals surface area contributed by atoms with Gasteiger partial charge in [0.2, 0.25) is 5.88 Å². The summed E-state index contributed by atoms with van der Waals surface area (Å²) in [6.45, 7) is 6.08. The van der Waals surface area contributed by atoms with Crippen LogP contribution in [0.25, 0.3) is 11.0 Å². The Labute approximate surface area is 191 Å². The van der Waals surface area contributed by atoms with Crippen LogP contribution in [-0.4, -0.2) is 73.4 Å². The van der Waals surface area contributed by atoms with Gasteiger partial charge in [0.1, 0.15) is 17.4 Å². The Balaban J connectivity index is 1.21. The minimum atomic E-state index is -0.426. The van der Waals surface area contributed by atoms with Gasteiger partial charge in [0.15, 0.2) is 0 Å². The highest BCUT2D eigenvalue weighted by atomic mass is 19.1. The second-order valence-corrected chi connectivity index (χ2v) is 8.39. The number of piperazine rings is 1. The predicted molar refractivity (Wildman–Crippen MR) is 123 cm³/mol. The number of cyclic esters (lactones) is 1. The Morgan fingerprint density at radius 2 is 1.97 bits per heavy atom. The van der Waals surface area contributed by atoms with Gasteiger partial charge in [-0.15, -0.1) is 0 Å². The summed E-state index contributed by atoms with van der Waals surface area (Å²) < 4.78 is 24.8. The van der Waals surface area contributed by atoms with E-state index in [1.807, 2.05) is 18.2 Å². The predicted octanol–water partition coefficient (Wildman–Crippen LogP) is 3.23. The average molecular weight is 452 g/mol. The number of hydrogen-bond donors (Lipinski definition) is 0. The van der Waals surface area contributed by atoms with Crippen LogP contribution in [0, 0.1) is 12.7 Å². The average Bonchev–Trinajstić information content (AvgIpc) is 3.20. The van der Waals surface area contributed by atoms with Crippen molar-refractivity contribution in [1.29, 1.82) is 0 Å². The van der Waals surface area contributed by atoms with Crippen molar-refractivity contribution in [3.63, 3.8) is 0 Å². The lowest BCUT2D eigenvalue weighted by molar-refractivity contribution is 0.106. The van der Waals surface area contributed by atoms with Gasteiger partial charge in [0, 0.05) is 45.0 Å². The van der Waals surface area contributed by atoms with E-state index in [0.717, 1.165) is 42.9 Å². The maximum Gasteiger partial charge on any atom is 0.414 e. The molecule has 0 radical (unpaired) electrons. The first-order valence-electron chi connectivity index (χ1n) is 11.0. The third kappa shape index (κ3) is 4.28. The summed E-state index contributed by atoms with van der Waals surface area (Å²) in [5.74, 6) is 0.243. The number of carbonyl (C=O) groups is 1. The third-order valence-corrected chi connectivity index (χ3v) is 6.26. The molecule has 0 unspecified atom stereocenters. The molecule has 8 nitrogen and oxygen atoms in total. The number of aromatic nitrogens is 2. The number of fused-ring (bicyclic) bond motifs is 1. The van der Waals surface area contributed by atoms with E-state index in [-0.39, 0.29) is 11.9 Å². The highest BCUT2D eigenvalue weighted by molar-refractivity contribution is 5.90. The molecule has 0 bridgehead atoms. The van der Waals surface area contributed by atoms with Crippen LogP contribution in [0.5, 0.6) is 5.88 Å². The second-order valence-electron chi connectivity index (χ2n) is 8.39. The van der Waals surface area contributed by atoms with Crippen molar-refractivity contribution in [1.82, 2.24) is 14.9 Å². The maximum absolute atomic E-state index is 13.9. The molecule has 1 amide bonds. The van der Waals surface area contributed by atoms with Crippen LogP contribution in [0.2, 0.25) is 0 Å². The minimum absolute atomic E-state index is 0.249. The molecule has 0 aliphatic carbocycles. The molecule has 33 heavy (non-hydrogen) atoms. The molecule has 3 aromatic rings. The number of rotatable bonds is 5. The van der Waals surface area contributed by atoms with Crippen LogP contribution < -0.4 is 14.5 Å². The Morgan fingerprint density at radius 3 is 2.73 bits per heavy atom. The zero-order valence-electron chi connectivity index (χ0n) is 18.7. The van der Waals surface area contributed by atoms with Crippen LogP contribution >= 0.6 is 0 Å². The summed E-state index contributed by atoms with van der Waals surface area (Å²) in [5.41, 5.74) is 3.79. The molecule has 0 spiro atoms. The number of ether oxygens (including phenoxy) is 2. The van der Waals surface area contributed by atoms with E-state index in [1.165, 1.54) is 11.0 Å². The molecule has 0 saturated carbocycles. The van der Waals surface area contributed by atoms with Crippen LogP contribution in [0.4, 0.5) is 20.6 Å². The summed E-state index contributed by atoms with van der Waals surface area (Å²) in [7, 11) is 1.61. The molecule has 2 saturated heterocycles. The van der Waals surface area contributed by atoms with E-state index in [2.05, 4.69) is 19.8 Å². The third-order valence-electron chi connectivity index (χ3n) is 6.26. The number of pyridine rings is 2. The van der Waals surface area contributed by atoms with E-state index < -0.39 is 6.09 Å². The molecular formula is C24H26FN5O3. The summed E-state index contributed by atoms with van der Waals surface area (Å²) >= 11 is 0. The quantitative estimate of drug-likeness (QED) is 0.590. The Morgan fingerprint density at radius 1 is 1.15 bits per heavy atom. The summed E-state index contributed by atoms with van der Waals surface area (Å²) in [4.78, 5) is 27.5. The summed E-state index contributed by atoms with van der Waals surface area (Å²) in [5, 5.41) is 0. The molecule has 4 heterocycles. The monoisotopic (exact) mass is 451 g/mol. The topological polar surface area (TPSA) is 71.0 Å². The molecule has 9 heteroatoms. The van der Waals surface area contributed by atoms with Gasteiger partial charge in [-0.2, -0.15) is 0 Å². The molecule has 5 rings (SSSR count). The molecule has 0 N–H and O–H groups in total. The van der Waals surface area contributed by atoms with Gasteiger partial charge in [0.05, 0.1) is 30.5 Å². The lowest BCUT2D eigenvalue weighted by atomic mass is 10.2. The summed E-state index contributed by atoms with van der Waals surface area (Å²) in [6, 6.07) is 10.5. The SMILES string of the molecule is COc1ccc2nccc(N3CCN(C[C@H]4CN(c5ccc(C)c(F)c5)C(=O)O4)CC3)c2n1. The van der Waals surface area contributed by atoms with Crippen molar-refractivity contribution >= 4 is 28.5 Å². The van der Waals surface area contributed by atoms with Gasteiger partial charge < -0.3 is 14.4 Å². The first kappa shape index (κ1) is 21.4. The van der Waals surface area contributed by atoms with Gasteiger partial charge in [-0.1, -0.05) is 6.07 Å². The first-order chi connectivity index (χ1) is 16.0. The van der Waals surface area contributed by atoms with Crippen molar-refractivity contribution in [2.75, 3.05) is 56.2 Å². The molecule has 172 valence electrons. The number of anilines is 2. The Hall–Kier alpha value is -3.46. The lowest BCUT2D eigenvalue weighted by Gasteiger charge is -2.36. The number of aryl methyl sites for hydroxylation is 1. The lowest BCUT2D eigenvalue weighted by Crippen LogP contribution is -2.49. The highest BCUT2D eigenvalue weighted by Gasteiger charge is 2.34. The second kappa shape index (κ2) is 8.82. The zero-order chi connectivity index (χ0) is 22.9. The van der Waals surface area contributed by atoms with Crippen LogP contribution in [0.3, 0.4) is 0 Å². The molecular weight excluding hydrogens is 425 g/mol. The van der Waals surface area contributed by atoms with Crippen molar-refractivity contribution in [3.8, 4) is 5.88 Å². The molecule has 1 atom stereocenters. The normalized spacial score (nSPS) is 19.2. The molecule has 1 aromatic carbocycles. The maximum atomic E-state index is 13.9. The van der Waals surface area contributed by atoms with Gasteiger partial charge in [-0.3, -0.25) is 14.8 Å². The number of methoxy groups -OCH3 is 1. The highest BCUT2D eigenvalue weighted by Crippen LogP contribution is 2.28. The fourth-order valence-electron chi connectivity index (χ4n) is 4.40. The Bertz CT molecular complexity index is 1180. The van der Waals surface area contributed by atoms with E-state index in [4.69, 9.17) is 9.47 Å². The number of carbonyl (C=O) groups excluding carboxylic acids is 1. The molecule has 2 aliphatic rings. The molecule has 2 aromatic heterocycles. The van der Waals surface area contributed by atoms with E-state index in [1.54, 1.807) is 32.4 Å². The van der Waals surface area contributed by atoms with E-state index in [9.17, 15) is 9.18 Å². The standard InChI is InChI=1S/C24H26FN5O3/c1-16-3-4-17(13-19(16)25)30-15-18(33-24(30)31)14-28-9-11-29(12-10-28)21-7-8-26-20-5-6-22(32-2)27-23(20)21/h3-8,13,18H,9-12,14-15H2,1-2H3/t18-/m0/s1. The van der Waals surface area contributed by atoms with Crippen molar-refractivity contribution in [2.45, 2.75) is 13.0 Å². The van der Waals surface area contributed by atoms with E-state index >= 15 is 0 Å². The van der Waals surface area contributed by atoms with Crippen LogP contribution in [0.15, 0.2) is 42.6 Å². The Kier molecular flexibility index (Phi) is 5.72. The zero-order valence-corrected chi connectivity index (χ0v) is 18.7. The number of amides is 1. The van der Waals surface area contributed by atoms with Crippen molar-refractivity contribution in [3.05, 3.63) is 54.0 Å². The minimum Gasteiger partial charge on any atom is -0.481 e. The van der Waals surface area contributed by atoms with Gasteiger partial charge >= 0.3 is 6.09 Å². The molecule has 2 fully saturated rings. The van der Waals surface area contributed by atoms with Crippen molar-refractivity contribution in [2.24, 2.45) is 0 Å². The van der Waals surface area contributed by atoms with Crippen LogP contribution in [0.1, 0.15) is 5.56 Å². The number of hydrogen-bond acceptors (Lipinski definition) is 7. The van der Waals surface area contributed by atoms with Gasteiger partial charge in [0.25, 0.3) is 0 Å². The van der Waals surface area contributed by atoms with Crippen LogP contribution in [-0.2, 0) is 4.74 Å². The van der Waals surface area contributed by atoms with Crippen molar-refractivity contribution < 1.29 is 18.7 Å².